The van der Waals surface area contributed by atoms with E-state index in [4.69, 9.17) is 4.74 Å². The molecule has 148 valence electrons. The quantitative estimate of drug-likeness (QED) is 0.829. The Labute approximate surface area is 161 Å². The van der Waals surface area contributed by atoms with Gasteiger partial charge in [-0.05, 0) is 64.5 Å². The molecule has 6 heteroatoms. The Morgan fingerprint density at radius 2 is 1.78 bits per heavy atom. The number of piperidine rings is 1. The van der Waals surface area contributed by atoms with Gasteiger partial charge in [-0.25, -0.2) is 0 Å². The molecule has 0 unspecified atom stereocenters. The summed E-state index contributed by atoms with van der Waals surface area (Å²) in [4.78, 5) is 29.1. The van der Waals surface area contributed by atoms with Crippen LogP contribution in [0.25, 0.3) is 0 Å². The molecule has 2 fully saturated rings. The first kappa shape index (κ1) is 19.7. The van der Waals surface area contributed by atoms with E-state index in [1.807, 2.05) is 43.0 Å². The number of amides is 2. The fraction of sp³-hybridized carbons (Fsp3) is 0.619. The van der Waals surface area contributed by atoms with Crippen LogP contribution in [0.3, 0.4) is 0 Å². The minimum atomic E-state index is -0.0923. The third-order valence-electron chi connectivity index (χ3n) is 5.68. The van der Waals surface area contributed by atoms with Crippen molar-refractivity contribution in [2.24, 2.45) is 11.8 Å². The third-order valence-corrected chi connectivity index (χ3v) is 5.68. The average molecular weight is 373 g/mol. The van der Waals surface area contributed by atoms with Crippen molar-refractivity contribution in [3.63, 3.8) is 0 Å². The summed E-state index contributed by atoms with van der Waals surface area (Å²) in [5, 5.41) is 3.07. The maximum absolute atomic E-state index is 12.5. The van der Waals surface area contributed by atoms with Gasteiger partial charge in [-0.1, -0.05) is 12.1 Å². The van der Waals surface area contributed by atoms with E-state index in [-0.39, 0.29) is 29.7 Å². The molecule has 0 aromatic heterocycles. The van der Waals surface area contributed by atoms with Crippen molar-refractivity contribution < 1.29 is 14.3 Å². The lowest BCUT2D eigenvalue weighted by Crippen LogP contribution is -2.57. The van der Waals surface area contributed by atoms with E-state index in [1.165, 1.54) is 0 Å². The van der Waals surface area contributed by atoms with Crippen LogP contribution in [0.5, 0.6) is 5.75 Å². The largest absolute Gasteiger partial charge is 0.494 e. The molecule has 2 saturated heterocycles. The molecule has 6 nitrogen and oxygen atoms in total. The van der Waals surface area contributed by atoms with Gasteiger partial charge < -0.3 is 19.9 Å². The zero-order valence-corrected chi connectivity index (χ0v) is 16.6. The topological polar surface area (TPSA) is 61.9 Å². The molecule has 1 aromatic carbocycles. The summed E-state index contributed by atoms with van der Waals surface area (Å²) in [7, 11) is 2.09. The van der Waals surface area contributed by atoms with Crippen LogP contribution in [0.15, 0.2) is 24.3 Å². The summed E-state index contributed by atoms with van der Waals surface area (Å²) in [6.45, 7) is 7.63. The molecule has 0 saturated carbocycles. The maximum Gasteiger partial charge on any atom is 0.227 e. The molecular formula is C21H31N3O3. The molecule has 27 heavy (non-hydrogen) atoms. The van der Waals surface area contributed by atoms with Gasteiger partial charge in [-0.3, -0.25) is 9.59 Å². The molecule has 1 atom stereocenters. The lowest BCUT2D eigenvalue weighted by molar-refractivity contribution is -0.147. The molecule has 1 aromatic rings. The second kappa shape index (κ2) is 8.74. The van der Waals surface area contributed by atoms with Crippen LogP contribution < -0.4 is 10.1 Å². The Balaban J connectivity index is 1.44. The number of hydrogen-bond donors (Lipinski definition) is 1. The monoisotopic (exact) mass is 373 g/mol. The van der Waals surface area contributed by atoms with Gasteiger partial charge in [0.1, 0.15) is 5.75 Å². The first-order valence-corrected chi connectivity index (χ1v) is 9.98. The predicted octanol–water partition coefficient (Wildman–Crippen LogP) is 2.06. The number of carbonyl (C=O) groups excluding carboxylic acids is 2. The highest BCUT2D eigenvalue weighted by atomic mass is 16.5. The van der Waals surface area contributed by atoms with Crippen LogP contribution in [0.4, 0.5) is 0 Å². The highest BCUT2D eigenvalue weighted by Gasteiger charge is 2.39. The Hall–Kier alpha value is -2.08. The van der Waals surface area contributed by atoms with E-state index in [2.05, 4.69) is 17.3 Å². The van der Waals surface area contributed by atoms with Gasteiger partial charge in [0.15, 0.2) is 0 Å². The SMILES string of the molecule is CCOc1ccc([C@@H](C)NC(=O)C2CN(C(=O)C3CCN(C)CC3)C2)cc1. The Morgan fingerprint density at radius 1 is 1.15 bits per heavy atom. The molecule has 3 rings (SSSR count). The lowest BCUT2D eigenvalue weighted by atomic mass is 9.91. The van der Waals surface area contributed by atoms with Crippen molar-refractivity contribution in [3.05, 3.63) is 29.8 Å². The van der Waals surface area contributed by atoms with Crippen LogP contribution >= 0.6 is 0 Å². The minimum absolute atomic E-state index is 0.0313. The number of ether oxygens (including phenoxy) is 1. The molecule has 1 N–H and O–H groups in total. The van der Waals surface area contributed by atoms with Gasteiger partial charge in [0.05, 0.1) is 18.6 Å². The lowest BCUT2D eigenvalue weighted by Gasteiger charge is -2.41. The summed E-state index contributed by atoms with van der Waals surface area (Å²) in [5.41, 5.74) is 1.05. The van der Waals surface area contributed by atoms with E-state index in [0.29, 0.717) is 19.7 Å². The van der Waals surface area contributed by atoms with E-state index in [1.54, 1.807) is 0 Å². The van der Waals surface area contributed by atoms with Crippen LogP contribution in [0.1, 0.15) is 38.3 Å². The number of nitrogens with zero attached hydrogens (tertiary/aromatic N) is 2. The maximum atomic E-state index is 12.5. The summed E-state index contributed by atoms with van der Waals surface area (Å²) < 4.78 is 5.45. The molecule has 0 spiro atoms. The number of rotatable bonds is 6. The van der Waals surface area contributed by atoms with E-state index in [0.717, 1.165) is 37.2 Å². The van der Waals surface area contributed by atoms with Crippen molar-refractivity contribution in [3.8, 4) is 5.75 Å². The number of likely N-dealkylation sites (tertiary alicyclic amines) is 2. The Morgan fingerprint density at radius 3 is 2.37 bits per heavy atom. The first-order chi connectivity index (χ1) is 13.0. The van der Waals surface area contributed by atoms with Crippen molar-refractivity contribution in [2.45, 2.75) is 32.7 Å². The average Bonchev–Trinajstić information content (AvgIpc) is 2.61. The van der Waals surface area contributed by atoms with Crippen LogP contribution in [-0.4, -0.2) is 61.4 Å². The Kier molecular flexibility index (Phi) is 6.37. The van der Waals surface area contributed by atoms with E-state index < -0.39 is 0 Å². The van der Waals surface area contributed by atoms with Crippen molar-refractivity contribution in [1.82, 2.24) is 15.1 Å². The van der Waals surface area contributed by atoms with Crippen LogP contribution in [-0.2, 0) is 9.59 Å². The third kappa shape index (κ3) is 4.80. The molecule has 2 aliphatic heterocycles. The second-order valence-electron chi connectivity index (χ2n) is 7.75. The molecule has 2 amide bonds. The summed E-state index contributed by atoms with van der Waals surface area (Å²) in [6, 6.07) is 7.74. The normalized spacial score (nSPS) is 20.0. The van der Waals surface area contributed by atoms with Crippen LogP contribution in [0.2, 0.25) is 0 Å². The smallest absolute Gasteiger partial charge is 0.227 e. The molecule has 0 bridgehead atoms. The molecule has 0 aliphatic carbocycles. The van der Waals surface area contributed by atoms with Crippen molar-refractivity contribution >= 4 is 11.8 Å². The fourth-order valence-electron chi connectivity index (χ4n) is 3.77. The molecule has 2 heterocycles. The summed E-state index contributed by atoms with van der Waals surface area (Å²) in [6.07, 6.45) is 1.86. The van der Waals surface area contributed by atoms with Gasteiger partial charge >= 0.3 is 0 Å². The Bertz CT molecular complexity index is 647. The van der Waals surface area contributed by atoms with E-state index >= 15 is 0 Å². The zero-order valence-electron chi connectivity index (χ0n) is 16.6. The van der Waals surface area contributed by atoms with Gasteiger partial charge in [0.25, 0.3) is 0 Å². The van der Waals surface area contributed by atoms with Gasteiger partial charge in [-0.15, -0.1) is 0 Å². The standard InChI is InChI=1S/C21H31N3O3/c1-4-27-19-7-5-16(6-8-19)15(2)22-20(25)18-13-24(14-18)21(26)17-9-11-23(3)12-10-17/h5-8,15,17-18H,4,9-14H2,1-3H3,(H,22,25)/t15-/m1/s1. The summed E-state index contributed by atoms with van der Waals surface area (Å²) in [5.74, 6) is 1.13. The van der Waals surface area contributed by atoms with E-state index in [9.17, 15) is 9.59 Å². The van der Waals surface area contributed by atoms with Gasteiger partial charge in [0, 0.05) is 19.0 Å². The summed E-state index contributed by atoms with van der Waals surface area (Å²) >= 11 is 0. The minimum Gasteiger partial charge on any atom is -0.494 e. The van der Waals surface area contributed by atoms with Crippen LogP contribution in [0, 0.1) is 11.8 Å². The molecule has 2 aliphatic rings. The predicted molar refractivity (Wildman–Crippen MR) is 104 cm³/mol. The fourth-order valence-corrected chi connectivity index (χ4v) is 3.77. The highest BCUT2D eigenvalue weighted by Crippen LogP contribution is 2.25. The van der Waals surface area contributed by atoms with Gasteiger partial charge in [0.2, 0.25) is 11.8 Å². The number of benzene rings is 1. The molecular weight excluding hydrogens is 342 g/mol. The molecule has 0 radical (unpaired) electrons. The number of nitrogens with one attached hydrogen (secondary N) is 1. The second-order valence-corrected chi connectivity index (χ2v) is 7.75. The van der Waals surface area contributed by atoms with Gasteiger partial charge in [-0.2, -0.15) is 0 Å². The number of hydrogen-bond acceptors (Lipinski definition) is 4. The highest BCUT2D eigenvalue weighted by molar-refractivity contribution is 5.85. The number of carbonyl (C=O) groups is 2. The van der Waals surface area contributed by atoms with Crippen molar-refractivity contribution in [2.75, 3.05) is 39.8 Å². The van der Waals surface area contributed by atoms with Crippen molar-refractivity contribution in [1.29, 1.82) is 0 Å². The zero-order chi connectivity index (χ0) is 19.4. The first-order valence-electron chi connectivity index (χ1n) is 9.98.